The Kier molecular flexibility index (Phi) is 7.76. The van der Waals surface area contributed by atoms with Crippen molar-refractivity contribution < 1.29 is 23.7 Å². The van der Waals surface area contributed by atoms with E-state index in [-0.39, 0.29) is 18.1 Å². The van der Waals surface area contributed by atoms with Gasteiger partial charge in [-0.2, -0.15) is 0 Å². The first-order valence-electron chi connectivity index (χ1n) is 10.2. The van der Waals surface area contributed by atoms with Crippen molar-refractivity contribution in [3.8, 4) is 17.2 Å². The van der Waals surface area contributed by atoms with E-state index in [1.54, 1.807) is 18.2 Å². The van der Waals surface area contributed by atoms with Gasteiger partial charge in [0.15, 0.2) is 11.5 Å². The quantitative estimate of drug-likeness (QED) is 0.615. The summed E-state index contributed by atoms with van der Waals surface area (Å²) in [6.07, 6.45) is 2.10. The molecular formula is C23H29NO5. The summed E-state index contributed by atoms with van der Waals surface area (Å²) in [6, 6.07) is 14.8. The predicted molar refractivity (Wildman–Crippen MR) is 111 cm³/mol. The van der Waals surface area contributed by atoms with Crippen LogP contribution in [0.5, 0.6) is 17.2 Å². The Balaban J connectivity index is 1.56. The zero-order chi connectivity index (χ0) is 20.5. The number of hydrogen-bond donors (Lipinski definition) is 1. The monoisotopic (exact) mass is 399 g/mol. The van der Waals surface area contributed by atoms with E-state index in [9.17, 15) is 4.79 Å². The third-order valence-electron chi connectivity index (χ3n) is 4.74. The summed E-state index contributed by atoms with van der Waals surface area (Å²) in [5.41, 5.74) is 0.534. The number of amides is 1. The Hall–Kier alpha value is -2.73. The normalized spacial score (nSPS) is 16.8. The van der Waals surface area contributed by atoms with Gasteiger partial charge in [0.2, 0.25) is 0 Å². The molecule has 1 N–H and O–H groups in total. The molecule has 0 aromatic heterocycles. The van der Waals surface area contributed by atoms with E-state index < -0.39 is 0 Å². The number of carbonyl (C=O) groups is 1. The molecule has 0 saturated carbocycles. The van der Waals surface area contributed by atoms with E-state index in [1.807, 2.05) is 44.2 Å². The Morgan fingerprint density at radius 1 is 1.10 bits per heavy atom. The molecule has 1 amide bonds. The lowest BCUT2D eigenvalue weighted by molar-refractivity contribution is 0.0712. The van der Waals surface area contributed by atoms with Crippen molar-refractivity contribution in [2.75, 3.05) is 26.4 Å². The van der Waals surface area contributed by atoms with Crippen LogP contribution in [0.1, 0.15) is 37.0 Å². The number of carbonyl (C=O) groups excluding carboxylic acids is 1. The summed E-state index contributed by atoms with van der Waals surface area (Å²) in [6.45, 7) is 5.90. The molecule has 0 radical (unpaired) electrons. The highest BCUT2D eigenvalue weighted by Crippen LogP contribution is 2.29. The van der Waals surface area contributed by atoms with Gasteiger partial charge in [-0.25, -0.2) is 0 Å². The number of para-hydroxylation sites is 1. The first kappa shape index (κ1) is 21.0. The van der Waals surface area contributed by atoms with Crippen LogP contribution >= 0.6 is 0 Å². The molecule has 1 saturated heterocycles. The standard InChI is InChI=1S/C23H29NO5/c1-3-26-22-16-18(23(25)24-17(2)20-10-7-13-28-20)11-12-21(22)29-15-14-27-19-8-5-4-6-9-19/h4-6,8-9,11-12,16-17,20H,3,7,10,13-15H2,1-2H3,(H,24,25). The molecule has 2 aromatic rings. The van der Waals surface area contributed by atoms with Gasteiger partial charge < -0.3 is 24.3 Å². The lowest BCUT2D eigenvalue weighted by Gasteiger charge is -2.20. The molecule has 1 fully saturated rings. The molecule has 1 aliphatic rings. The van der Waals surface area contributed by atoms with E-state index in [2.05, 4.69) is 5.32 Å². The summed E-state index contributed by atoms with van der Waals surface area (Å²) < 4.78 is 22.8. The topological polar surface area (TPSA) is 66.0 Å². The van der Waals surface area contributed by atoms with Crippen LogP contribution in [0.3, 0.4) is 0 Å². The number of ether oxygens (including phenoxy) is 4. The van der Waals surface area contributed by atoms with Gasteiger partial charge in [0, 0.05) is 12.2 Å². The lowest BCUT2D eigenvalue weighted by Crippen LogP contribution is -2.40. The maximum absolute atomic E-state index is 12.6. The van der Waals surface area contributed by atoms with E-state index in [0.29, 0.717) is 36.9 Å². The molecule has 6 nitrogen and oxygen atoms in total. The second-order valence-corrected chi connectivity index (χ2v) is 6.92. The molecule has 2 atom stereocenters. The van der Waals surface area contributed by atoms with Gasteiger partial charge in [0.25, 0.3) is 5.91 Å². The second-order valence-electron chi connectivity index (χ2n) is 6.92. The first-order chi connectivity index (χ1) is 14.2. The Labute approximate surface area is 172 Å². The van der Waals surface area contributed by atoms with Crippen molar-refractivity contribution in [3.05, 3.63) is 54.1 Å². The number of rotatable bonds is 10. The maximum atomic E-state index is 12.6. The van der Waals surface area contributed by atoms with Crippen molar-refractivity contribution in [2.45, 2.75) is 38.8 Å². The van der Waals surface area contributed by atoms with Crippen LogP contribution in [0.4, 0.5) is 0 Å². The maximum Gasteiger partial charge on any atom is 0.251 e. The van der Waals surface area contributed by atoms with Crippen LogP contribution in [0, 0.1) is 0 Å². The summed E-state index contributed by atoms with van der Waals surface area (Å²) >= 11 is 0. The molecule has 2 aromatic carbocycles. The zero-order valence-corrected chi connectivity index (χ0v) is 17.1. The van der Waals surface area contributed by atoms with Gasteiger partial charge >= 0.3 is 0 Å². The van der Waals surface area contributed by atoms with Crippen molar-refractivity contribution in [2.24, 2.45) is 0 Å². The summed E-state index contributed by atoms with van der Waals surface area (Å²) in [5, 5.41) is 3.02. The summed E-state index contributed by atoms with van der Waals surface area (Å²) in [7, 11) is 0. The van der Waals surface area contributed by atoms with E-state index >= 15 is 0 Å². The van der Waals surface area contributed by atoms with E-state index in [4.69, 9.17) is 18.9 Å². The smallest absolute Gasteiger partial charge is 0.251 e. The predicted octanol–water partition coefficient (Wildman–Crippen LogP) is 3.84. The first-order valence-corrected chi connectivity index (χ1v) is 10.2. The highest BCUT2D eigenvalue weighted by molar-refractivity contribution is 5.95. The molecule has 2 unspecified atom stereocenters. The van der Waals surface area contributed by atoms with Gasteiger partial charge in [0.05, 0.1) is 18.8 Å². The van der Waals surface area contributed by atoms with Gasteiger partial charge in [-0.15, -0.1) is 0 Å². The minimum absolute atomic E-state index is 0.0356. The van der Waals surface area contributed by atoms with Gasteiger partial charge in [-0.3, -0.25) is 4.79 Å². The molecule has 1 aliphatic heterocycles. The Morgan fingerprint density at radius 3 is 2.62 bits per heavy atom. The lowest BCUT2D eigenvalue weighted by atomic mass is 10.1. The third kappa shape index (κ3) is 6.12. The van der Waals surface area contributed by atoms with Gasteiger partial charge in [-0.1, -0.05) is 18.2 Å². The molecule has 0 spiro atoms. The molecule has 0 aliphatic carbocycles. The number of nitrogens with one attached hydrogen (secondary N) is 1. The van der Waals surface area contributed by atoms with Crippen LogP contribution in [0.25, 0.3) is 0 Å². The van der Waals surface area contributed by atoms with Crippen LogP contribution in [-0.4, -0.2) is 44.5 Å². The van der Waals surface area contributed by atoms with Crippen molar-refractivity contribution in [3.63, 3.8) is 0 Å². The van der Waals surface area contributed by atoms with Crippen LogP contribution in [-0.2, 0) is 4.74 Å². The average Bonchev–Trinajstić information content (AvgIpc) is 3.28. The minimum Gasteiger partial charge on any atom is -0.490 e. The van der Waals surface area contributed by atoms with Crippen molar-refractivity contribution in [1.29, 1.82) is 0 Å². The summed E-state index contributed by atoms with van der Waals surface area (Å²) in [5.74, 6) is 1.79. The molecule has 156 valence electrons. The Morgan fingerprint density at radius 2 is 1.90 bits per heavy atom. The third-order valence-corrected chi connectivity index (χ3v) is 4.74. The fraction of sp³-hybridized carbons (Fsp3) is 0.435. The molecular weight excluding hydrogens is 370 g/mol. The van der Waals surface area contributed by atoms with Crippen LogP contribution in [0.15, 0.2) is 48.5 Å². The molecule has 29 heavy (non-hydrogen) atoms. The SMILES string of the molecule is CCOc1cc(C(=O)NC(C)C2CCCO2)ccc1OCCOc1ccccc1. The number of hydrogen-bond acceptors (Lipinski definition) is 5. The van der Waals surface area contributed by atoms with E-state index in [0.717, 1.165) is 25.2 Å². The molecule has 0 bridgehead atoms. The molecule has 1 heterocycles. The van der Waals surface area contributed by atoms with Gasteiger partial charge in [0.1, 0.15) is 19.0 Å². The number of benzene rings is 2. The summed E-state index contributed by atoms with van der Waals surface area (Å²) in [4.78, 5) is 12.6. The fourth-order valence-electron chi connectivity index (χ4n) is 3.24. The van der Waals surface area contributed by atoms with Crippen LogP contribution < -0.4 is 19.5 Å². The van der Waals surface area contributed by atoms with Gasteiger partial charge in [-0.05, 0) is 57.0 Å². The van der Waals surface area contributed by atoms with Crippen LogP contribution in [0.2, 0.25) is 0 Å². The minimum atomic E-state index is -0.145. The average molecular weight is 399 g/mol. The second kappa shape index (κ2) is 10.7. The van der Waals surface area contributed by atoms with Crippen molar-refractivity contribution in [1.82, 2.24) is 5.32 Å². The molecule has 3 rings (SSSR count). The Bertz CT molecular complexity index is 774. The molecule has 6 heteroatoms. The van der Waals surface area contributed by atoms with Crippen molar-refractivity contribution >= 4 is 5.91 Å². The highest BCUT2D eigenvalue weighted by atomic mass is 16.5. The van der Waals surface area contributed by atoms with E-state index in [1.165, 1.54) is 0 Å². The highest BCUT2D eigenvalue weighted by Gasteiger charge is 2.24. The fourth-order valence-corrected chi connectivity index (χ4v) is 3.24. The zero-order valence-electron chi connectivity index (χ0n) is 17.1. The largest absolute Gasteiger partial charge is 0.490 e.